The van der Waals surface area contributed by atoms with Gasteiger partial charge >= 0.3 is 0 Å². The van der Waals surface area contributed by atoms with Crippen LogP contribution < -0.4 is 10.1 Å². The summed E-state index contributed by atoms with van der Waals surface area (Å²) in [6, 6.07) is 12.2. The molecule has 9 heteroatoms. The largest absolute Gasteiger partial charge is 0.495 e. The summed E-state index contributed by atoms with van der Waals surface area (Å²) in [7, 11) is -2.29. The molecule has 2 aromatic carbocycles. The maximum absolute atomic E-state index is 13.1. The fourth-order valence-electron chi connectivity index (χ4n) is 4.61. The lowest BCUT2D eigenvalue weighted by Gasteiger charge is -2.29. The van der Waals surface area contributed by atoms with Crippen molar-refractivity contribution in [2.45, 2.75) is 36.6 Å². The summed E-state index contributed by atoms with van der Waals surface area (Å²) in [4.78, 5) is 15.4. The van der Waals surface area contributed by atoms with E-state index in [-0.39, 0.29) is 28.2 Å². The van der Waals surface area contributed by atoms with Crippen LogP contribution in [0.25, 0.3) is 0 Å². The van der Waals surface area contributed by atoms with Crippen LogP contribution in [0.15, 0.2) is 47.4 Å². The van der Waals surface area contributed by atoms with E-state index >= 15 is 0 Å². The summed E-state index contributed by atoms with van der Waals surface area (Å²) < 4.78 is 33.0. The third kappa shape index (κ3) is 5.19. The highest BCUT2D eigenvalue weighted by atomic mass is 35.5. The molecule has 178 valence electrons. The Hall–Kier alpha value is -2.13. The SMILES string of the molecule is COc1ccc(C(=O)NC[C@@H](c2ccccc2Cl)N2CCCC2)cc1S(=O)(=O)N1CCCC1. The number of methoxy groups -OCH3 is 1. The number of ether oxygens (including phenoxy) is 1. The van der Waals surface area contributed by atoms with E-state index in [1.807, 2.05) is 24.3 Å². The zero-order valence-electron chi connectivity index (χ0n) is 18.8. The van der Waals surface area contributed by atoms with E-state index < -0.39 is 10.0 Å². The van der Waals surface area contributed by atoms with Gasteiger partial charge in [0.2, 0.25) is 10.0 Å². The monoisotopic (exact) mass is 491 g/mol. The van der Waals surface area contributed by atoms with Crippen LogP contribution in [0.1, 0.15) is 47.6 Å². The smallest absolute Gasteiger partial charge is 0.251 e. The minimum atomic E-state index is -3.73. The molecule has 2 aromatic rings. The molecule has 1 atom stereocenters. The molecule has 2 aliphatic heterocycles. The number of amides is 1. The van der Waals surface area contributed by atoms with Crippen molar-refractivity contribution < 1.29 is 17.9 Å². The van der Waals surface area contributed by atoms with Crippen molar-refractivity contribution >= 4 is 27.5 Å². The van der Waals surface area contributed by atoms with Crippen LogP contribution in [0, 0.1) is 0 Å². The highest BCUT2D eigenvalue weighted by molar-refractivity contribution is 7.89. The van der Waals surface area contributed by atoms with Gasteiger partial charge in [-0.05, 0) is 68.6 Å². The molecule has 0 unspecified atom stereocenters. The zero-order valence-corrected chi connectivity index (χ0v) is 20.4. The van der Waals surface area contributed by atoms with Crippen molar-refractivity contribution in [1.29, 1.82) is 0 Å². The number of hydrogen-bond donors (Lipinski definition) is 1. The molecule has 0 bridgehead atoms. The third-order valence-electron chi connectivity index (χ3n) is 6.41. The molecule has 0 spiro atoms. The number of carbonyl (C=O) groups excluding carboxylic acids is 1. The van der Waals surface area contributed by atoms with Crippen molar-refractivity contribution in [3.05, 3.63) is 58.6 Å². The highest BCUT2D eigenvalue weighted by Crippen LogP contribution is 2.31. The Morgan fingerprint density at radius 3 is 2.39 bits per heavy atom. The second-order valence-electron chi connectivity index (χ2n) is 8.47. The number of carbonyl (C=O) groups is 1. The van der Waals surface area contributed by atoms with Gasteiger partial charge in [-0.25, -0.2) is 8.42 Å². The lowest BCUT2D eigenvalue weighted by Crippen LogP contribution is -2.37. The molecule has 7 nitrogen and oxygen atoms in total. The molecule has 1 amide bonds. The van der Waals surface area contributed by atoms with Crippen LogP contribution in [0.2, 0.25) is 5.02 Å². The van der Waals surface area contributed by atoms with E-state index in [0.29, 0.717) is 24.7 Å². The van der Waals surface area contributed by atoms with Crippen molar-refractivity contribution in [3.8, 4) is 5.75 Å². The second kappa shape index (κ2) is 10.4. The minimum absolute atomic E-state index is 0.0294. The van der Waals surface area contributed by atoms with Gasteiger partial charge in [-0.3, -0.25) is 9.69 Å². The molecule has 0 radical (unpaired) electrons. The Labute approximate surface area is 200 Å². The first-order valence-corrected chi connectivity index (χ1v) is 13.2. The number of nitrogens with zero attached hydrogens (tertiary/aromatic N) is 2. The van der Waals surface area contributed by atoms with E-state index in [1.165, 1.54) is 17.5 Å². The predicted octanol–water partition coefficient (Wildman–Crippen LogP) is 3.70. The van der Waals surface area contributed by atoms with Crippen molar-refractivity contribution in [1.82, 2.24) is 14.5 Å². The number of halogens is 1. The van der Waals surface area contributed by atoms with Crippen molar-refractivity contribution in [3.63, 3.8) is 0 Å². The van der Waals surface area contributed by atoms with Gasteiger partial charge < -0.3 is 10.1 Å². The topological polar surface area (TPSA) is 79.0 Å². The Bertz CT molecular complexity index is 1100. The number of nitrogens with one attached hydrogen (secondary N) is 1. The summed E-state index contributed by atoms with van der Waals surface area (Å²) in [6.45, 7) is 3.25. The summed E-state index contributed by atoms with van der Waals surface area (Å²) >= 11 is 6.47. The van der Waals surface area contributed by atoms with E-state index in [0.717, 1.165) is 44.3 Å². The first kappa shape index (κ1) is 24.0. The molecule has 4 rings (SSSR count). The average molecular weight is 492 g/mol. The molecule has 2 aliphatic rings. The predicted molar refractivity (Wildman–Crippen MR) is 128 cm³/mol. The van der Waals surface area contributed by atoms with E-state index in [2.05, 4.69) is 10.2 Å². The van der Waals surface area contributed by atoms with Crippen LogP contribution in [-0.4, -0.2) is 63.4 Å². The maximum Gasteiger partial charge on any atom is 0.251 e. The summed E-state index contributed by atoms with van der Waals surface area (Å²) in [5.41, 5.74) is 1.27. The molecule has 0 aliphatic carbocycles. The summed E-state index contributed by atoms with van der Waals surface area (Å²) in [5, 5.41) is 3.67. The van der Waals surface area contributed by atoms with Gasteiger partial charge in [0.25, 0.3) is 5.91 Å². The normalized spacial score (nSPS) is 18.4. The van der Waals surface area contributed by atoms with Crippen LogP contribution in [-0.2, 0) is 10.0 Å². The Morgan fingerprint density at radius 1 is 1.06 bits per heavy atom. The van der Waals surface area contributed by atoms with Crippen LogP contribution >= 0.6 is 11.6 Å². The fourth-order valence-corrected chi connectivity index (χ4v) is 6.57. The second-order valence-corrected chi connectivity index (χ2v) is 10.8. The lowest BCUT2D eigenvalue weighted by molar-refractivity contribution is 0.0937. The van der Waals surface area contributed by atoms with Gasteiger partial charge in [0, 0.05) is 30.2 Å². The van der Waals surface area contributed by atoms with Crippen molar-refractivity contribution in [2.75, 3.05) is 39.8 Å². The minimum Gasteiger partial charge on any atom is -0.495 e. The van der Waals surface area contributed by atoms with Gasteiger partial charge in [-0.1, -0.05) is 29.8 Å². The molecule has 2 heterocycles. The van der Waals surface area contributed by atoms with Gasteiger partial charge in [-0.15, -0.1) is 0 Å². The Balaban J connectivity index is 1.55. The molecule has 2 fully saturated rings. The van der Waals surface area contributed by atoms with Gasteiger partial charge in [0.15, 0.2) is 0 Å². The Morgan fingerprint density at radius 2 is 1.73 bits per heavy atom. The fraction of sp³-hybridized carbons (Fsp3) is 0.458. The van der Waals surface area contributed by atoms with E-state index in [4.69, 9.17) is 16.3 Å². The quantitative estimate of drug-likeness (QED) is 0.609. The van der Waals surface area contributed by atoms with Crippen LogP contribution in [0.4, 0.5) is 0 Å². The average Bonchev–Trinajstić information content (AvgIpc) is 3.55. The number of benzene rings is 2. The van der Waals surface area contributed by atoms with Gasteiger partial charge in [0.05, 0.1) is 13.2 Å². The molecule has 0 saturated carbocycles. The highest BCUT2D eigenvalue weighted by Gasteiger charge is 2.31. The van der Waals surface area contributed by atoms with Gasteiger partial charge in [0.1, 0.15) is 10.6 Å². The molecule has 33 heavy (non-hydrogen) atoms. The van der Waals surface area contributed by atoms with E-state index in [1.54, 1.807) is 12.1 Å². The van der Waals surface area contributed by atoms with Crippen LogP contribution in [0.5, 0.6) is 5.75 Å². The van der Waals surface area contributed by atoms with Crippen molar-refractivity contribution in [2.24, 2.45) is 0 Å². The third-order valence-corrected chi connectivity index (χ3v) is 8.67. The Kier molecular flexibility index (Phi) is 7.58. The zero-order chi connectivity index (χ0) is 23.4. The molecular formula is C24H30ClN3O4S. The summed E-state index contributed by atoms with van der Waals surface area (Å²) in [6.07, 6.45) is 3.90. The molecule has 0 aromatic heterocycles. The van der Waals surface area contributed by atoms with E-state index in [9.17, 15) is 13.2 Å². The lowest BCUT2D eigenvalue weighted by atomic mass is 10.0. The standard InChI is InChI=1S/C24H30ClN3O4S/c1-32-22-11-10-18(16-23(22)33(30,31)28-14-6-7-15-28)24(29)26-17-21(27-12-4-5-13-27)19-8-2-3-9-20(19)25/h2-3,8-11,16,21H,4-7,12-15,17H2,1H3,(H,26,29)/t21-/m0/s1. The number of hydrogen-bond acceptors (Lipinski definition) is 5. The number of sulfonamides is 1. The molecular weight excluding hydrogens is 462 g/mol. The molecule has 1 N–H and O–H groups in total. The maximum atomic E-state index is 13.1. The number of rotatable bonds is 8. The van der Waals surface area contributed by atoms with Crippen LogP contribution in [0.3, 0.4) is 0 Å². The first-order valence-electron chi connectivity index (χ1n) is 11.4. The summed E-state index contributed by atoms with van der Waals surface area (Å²) in [5.74, 6) is -0.0868. The first-order chi connectivity index (χ1) is 15.9. The molecule has 2 saturated heterocycles. The van der Waals surface area contributed by atoms with Gasteiger partial charge in [-0.2, -0.15) is 4.31 Å². The number of likely N-dealkylation sites (tertiary alicyclic amines) is 1.